The quantitative estimate of drug-likeness (QED) is 0.918. The molecule has 0 bridgehead atoms. The van der Waals surface area contributed by atoms with E-state index >= 15 is 0 Å². The van der Waals surface area contributed by atoms with E-state index in [0.717, 1.165) is 16.4 Å². The van der Waals surface area contributed by atoms with E-state index in [4.69, 9.17) is 13.0 Å². The molecule has 2 aromatic rings. The van der Waals surface area contributed by atoms with Gasteiger partial charge in [0, 0.05) is 23.4 Å². The molecule has 102 valence electrons. The van der Waals surface area contributed by atoms with Gasteiger partial charge in [-0.3, -0.25) is 4.79 Å². The fourth-order valence-corrected chi connectivity index (χ4v) is 2.98. The van der Waals surface area contributed by atoms with Crippen molar-refractivity contribution in [3.63, 3.8) is 0 Å². The summed E-state index contributed by atoms with van der Waals surface area (Å²) in [5, 5.41) is 1.82. The minimum absolute atomic E-state index is 0.0486. The van der Waals surface area contributed by atoms with E-state index in [9.17, 15) is 4.79 Å². The zero-order chi connectivity index (χ0) is 14.8. The van der Waals surface area contributed by atoms with Crippen molar-refractivity contribution in [2.24, 2.45) is 0 Å². The van der Waals surface area contributed by atoms with Crippen molar-refractivity contribution in [3.8, 4) is 0 Å². The van der Waals surface area contributed by atoms with Crippen LogP contribution in [0.25, 0.3) is 0 Å². The summed E-state index contributed by atoms with van der Waals surface area (Å²) >= 11 is 6.22. The van der Waals surface area contributed by atoms with E-state index in [0.29, 0.717) is 17.9 Å². The molecule has 1 N–H and O–H groups in total. The van der Waals surface area contributed by atoms with E-state index < -0.39 is 0 Å². The van der Waals surface area contributed by atoms with E-state index in [1.807, 2.05) is 54.6 Å². The fourth-order valence-electron chi connectivity index (χ4n) is 2.77. The lowest BCUT2D eigenvalue weighted by Gasteiger charge is -2.19. The topological polar surface area (TPSA) is 29.1 Å². The average molecular weight is 287 g/mol. The molecule has 3 heteroatoms. The smallest absolute Gasteiger partial charge is 0.220 e. The zero-order valence-electron chi connectivity index (χ0n) is 12.0. The van der Waals surface area contributed by atoms with Gasteiger partial charge in [0.15, 0.2) is 1.41 Å². The van der Waals surface area contributed by atoms with Crippen LogP contribution in [0.2, 0.25) is 6.43 Å². The maximum Gasteiger partial charge on any atom is 0.220 e. The molecule has 0 aliphatic carbocycles. The molecule has 1 heterocycles. The molecular weight excluding hydrogens is 270 g/mol. The Bertz CT molecular complexity index is 646. The fraction of sp³-hybridized carbons (Fsp3) is 0.235. The highest BCUT2D eigenvalue weighted by Gasteiger charge is 2.33. The van der Waals surface area contributed by atoms with Gasteiger partial charge < -0.3 is 5.31 Å². The van der Waals surface area contributed by atoms with Gasteiger partial charge in [-0.15, -0.1) is 0 Å². The summed E-state index contributed by atoms with van der Waals surface area (Å²) in [4.78, 5) is 11.9. The minimum Gasteiger partial charge on any atom is -0.352 e. The first-order chi connectivity index (χ1) is 10.2. The van der Waals surface area contributed by atoms with Gasteiger partial charge in [0.05, 0.1) is 0 Å². The number of carbonyl (C=O) groups is 1. The molecule has 1 amide bonds. The van der Waals surface area contributed by atoms with Gasteiger partial charge in [-0.1, -0.05) is 60.1 Å². The minimum atomic E-state index is -0.167. The molecule has 0 aromatic heterocycles. The Morgan fingerprint density at radius 3 is 2.60 bits per heavy atom. The van der Waals surface area contributed by atoms with Gasteiger partial charge in [-0.25, -0.2) is 0 Å². The Morgan fingerprint density at radius 1 is 1.15 bits per heavy atom. The Morgan fingerprint density at radius 2 is 1.85 bits per heavy atom. The third-order valence-electron chi connectivity index (χ3n) is 3.78. The largest absolute Gasteiger partial charge is 0.352 e. The van der Waals surface area contributed by atoms with Crippen molar-refractivity contribution in [2.45, 2.75) is 24.8 Å². The third-order valence-corrected chi connectivity index (χ3v) is 4.15. The molecule has 3 rings (SSSR count). The molecule has 1 fully saturated rings. The maximum atomic E-state index is 11.9. The molecule has 2 atom stereocenters. The van der Waals surface area contributed by atoms with Crippen LogP contribution in [0.4, 0.5) is 0 Å². The summed E-state index contributed by atoms with van der Waals surface area (Å²) in [6, 6.07) is 17.4. The molecule has 2 aromatic carbocycles. The maximum absolute atomic E-state index is 11.9. The van der Waals surface area contributed by atoms with E-state index in [1.165, 1.54) is 0 Å². The normalized spacial score (nSPS) is 22.9. The Kier molecular flexibility index (Phi) is 3.40. The lowest BCUT2D eigenvalue weighted by Crippen LogP contribution is -2.30. The number of hydrogen-bond acceptors (Lipinski definition) is 1. The Balaban J connectivity index is 1.90. The van der Waals surface area contributed by atoms with Crippen LogP contribution in [-0.2, 0) is 11.2 Å². The molecule has 1 aliphatic rings. The van der Waals surface area contributed by atoms with Crippen LogP contribution < -0.4 is 5.31 Å². The predicted octanol–water partition coefficient (Wildman–Crippen LogP) is 3.55. The summed E-state index contributed by atoms with van der Waals surface area (Å²) in [6.07, 6.45) is 0.997. The summed E-state index contributed by atoms with van der Waals surface area (Å²) < 4.78 is 8.04. The number of nitrogens with one attached hydrogen (secondary N) is 1. The van der Waals surface area contributed by atoms with Gasteiger partial charge in [-0.05, 0) is 23.6 Å². The number of halogens is 1. The lowest BCUT2D eigenvalue weighted by molar-refractivity contribution is -0.119. The number of benzene rings is 2. The second-order valence-electron chi connectivity index (χ2n) is 5.11. The first kappa shape index (κ1) is 12.0. The molecule has 0 saturated carbocycles. The highest BCUT2D eigenvalue weighted by molar-refractivity contribution is 6.31. The number of carbonyl (C=O) groups excluding carboxylic acids is 1. The van der Waals surface area contributed by atoms with Gasteiger partial charge >= 0.3 is 0 Å². The first-order valence-electron chi connectivity index (χ1n) is 7.21. The molecular formula is C17H16ClNO. The molecule has 1 aliphatic heterocycles. The third kappa shape index (κ3) is 2.70. The lowest BCUT2D eigenvalue weighted by atomic mass is 9.88. The van der Waals surface area contributed by atoms with Crippen molar-refractivity contribution in [3.05, 3.63) is 70.7 Å². The van der Waals surface area contributed by atoms with E-state index in [2.05, 4.69) is 0 Å². The number of hydrogen-bond donors (Lipinski definition) is 1. The molecule has 0 unspecified atom stereocenters. The van der Waals surface area contributed by atoms with Gasteiger partial charge in [0.2, 0.25) is 5.91 Å². The summed E-state index contributed by atoms with van der Waals surface area (Å²) in [7, 11) is 0. The monoisotopic (exact) mass is 286 g/mol. The van der Waals surface area contributed by atoms with Crippen molar-refractivity contribution >= 4 is 17.5 Å². The van der Waals surface area contributed by atoms with Crippen molar-refractivity contribution < 1.29 is 6.21 Å². The van der Waals surface area contributed by atoms with Crippen LogP contribution in [0.3, 0.4) is 0 Å². The molecule has 20 heavy (non-hydrogen) atoms. The number of rotatable bonds is 3. The van der Waals surface area contributed by atoms with Gasteiger partial charge in [-0.2, -0.15) is 0 Å². The molecule has 0 radical (unpaired) electrons. The SMILES string of the molecule is [2H]N1C(=O)C[C@@H](c2ccccc2)[C@@H]1Cc1ccccc1Cl. The van der Waals surface area contributed by atoms with Crippen molar-refractivity contribution in [1.82, 2.24) is 5.31 Å². The van der Waals surface area contributed by atoms with Gasteiger partial charge in [0.1, 0.15) is 0 Å². The summed E-state index contributed by atoms with van der Waals surface area (Å²) in [5.74, 6) is -0.0756. The highest BCUT2D eigenvalue weighted by atomic mass is 35.5. The van der Waals surface area contributed by atoms with E-state index in [-0.39, 0.29) is 17.9 Å². The first-order valence-corrected chi connectivity index (χ1v) is 7.14. The van der Waals surface area contributed by atoms with Crippen LogP contribution in [-0.4, -0.2) is 11.9 Å². The van der Waals surface area contributed by atoms with Crippen LogP contribution in [0, 0.1) is 0 Å². The second kappa shape index (κ2) is 5.68. The van der Waals surface area contributed by atoms with Crippen molar-refractivity contribution in [2.75, 3.05) is 0 Å². The molecule has 2 nitrogen and oxygen atoms in total. The molecule has 0 spiro atoms. The Hall–Kier alpha value is -1.80. The van der Waals surface area contributed by atoms with Gasteiger partial charge in [0.25, 0.3) is 0 Å². The standard InChI is InChI=1S/C17H16ClNO/c18-15-9-5-4-8-13(15)10-16-14(11-17(20)19-16)12-6-2-1-3-7-12/h1-9,14,16H,10-11H2,(H,19,20)/t14-,16-/m0/s1/i/hD. The van der Waals surface area contributed by atoms with Crippen molar-refractivity contribution in [1.29, 1.82) is 0 Å². The zero-order valence-corrected chi connectivity index (χ0v) is 11.8. The van der Waals surface area contributed by atoms with Crippen LogP contribution in [0.15, 0.2) is 54.6 Å². The van der Waals surface area contributed by atoms with Crippen LogP contribution in [0.1, 0.15) is 23.5 Å². The highest BCUT2D eigenvalue weighted by Crippen LogP contribution is 2.31. The Labute approximate surface area is 125 Å². The van der Waals surface area contributed by atoms with Crippen LogP contribution in [0.5, 0.6) is 0 Å². The predicted molar refractivity (Wildman–Crippen MR) is 80.9 cm³/mol. The summed E-state index contributed by atoms with van der Waals surface area (Å²) in [5.41, 5.74) is 2.09. The summed E-state index contributed by atoms with van der Waals surface area (Å²) in [6.45, 7) is 0. The molecule has 1 saturated heterocycles. The second-order valence-corrected chi connectivity index (χ2v) is 5.51. The van der Waals surface area contributed by atoms with Crippen LogP contribution >= 0.6 is 11.6 Å². The average Bonchev–Trinajstić information content (AvgIpc) is 2.79. The number of amides is 1. The van der Waals surface area contributed by atoms with E-state index in [1.54, 1.807) is 0 Å².